The average molecular weight is 197 g/mol. The summed E-state index contributed by atoms with van der Waals surface area (Å²) in [7, 11) is 4.18. The largest absolute Gasteiger partial charge is 0.359 e. The molecule has 0 spiro atoms. The smallest absolute Gasteiger partial charge is 0.0989 e. The number of hydrogen-bond acceptors (Lipinski definition) is 2. The van der Waals surface area contributed by atoms with Crippen molar-refractivity contribution in [1.82, 2.24) is 9.80 Å². The Labute approximate surface area is 87.6 Å². The van der Waals surface area contributed by atoms with Crippen LogP contribution in [0.1, 0.15) is 26.2 Å². The van der Waals surface area contributed by atoms with Crippen molar-refractivity contribution in [3.63, 3.8) is 0 Å². The highest BCUT2D eigenvalue weighted by atomic mass is 15.2. The van der Waals surface area contributed by atoms with E-state index in [-0.39, 0.29) is 0 Å². The van der Waals surface area contributed by atoms with E-state index in [2.05, 4.69) is 30.8 Å². The van der Waals surface area contributed by atoms with Gasteiger partial charge in [-0.25, -0.2) is 0 Å². The van der Waals surface area contributed by atoms with Gasteiger partial charge >= 0.3 is 0 Å². The molecule has 0 aromatic rings. The molecule has 0 heterocycles. The van der Waals surface area contributed by atoms with Crippen molar-refractivity contribution in [1.29, 1.82) is 5.41 Å². The van der Waals surface area contributed by atoms with Crippen LogP contribution in [0, 0.1) is 11.3 Å². The number of amidine groups is 1. The van der Waals surface area contributed by atoms with Crippen molar-refractivity contribution in [3.05, 3.63) is 0 Å². The van der Waals surface area contributed by atoms with E-state index in [1.54, 1.807) is 0 Å². The minimum atomic E-state index is 0.587. The van der Waals surface area contributed by atoms with E-state index < -0.39 is 0 Å². The van der Waals surface area contributed by atoms with Crippen LogP contribution in [0.3, 0.4) is 0 Å². The Hall–Kier alpha value is -0.570. The summed E-state index contributed by atoms with van der Waals surface area (Å²) < 4.78 is 0. The molecule has 0 aliphatic heterocycles. The summed E-state index contributed by atoms with van der Waals surface area (Å²) in [5.74, 6) is 1.47. The fourth-order valence-corrected chi connectivity index (χ4v) is 1.56. The number of nitrogens with one attached hydrogen (secondary N) is 1. The summed E-state index contributed by atoms with van der Waals surface area (Å²) in [5, 5.41) is 8.02. The van der Waals surface area contributed by atoms with E-state index in [1.807, 2.05) is 0 Å². The highest BCUT2D eigenvalue weighted by Gasteiger charge is 2.29. The summed E-state index contributed by atoms with van der Waals surface area (Å²) in [6.07, 6.45) is 3.62. The van der Waals surface area contributed by atoms with Crippen molar-refractivity contribution < 1.29 is 0 Å². The number of rotatable bonds is 6. The van der Waals surface area contributed by atoms with Crippen LogP contribution in [0.5, 0.6) is 0 Å². The van der Waals surface area contributed by atoms with Crippen molar-refractivity contribution in [2.75, 3.05) is 33.7 Å². The van der Waals surface area contributed by atoms with Gasteiger partial charge in [0.1, 0.15) is 0 Å². The molecule has 0 amide bonds. The van der Waals surface area contributed by atoms with Gasteiger partial charge in [-0.3, -0.25) is 5.41 Å². The zero-order chi connectivity index (χ0) is 10.6. The third-order valence-corrected chi connectivity index (χ3v) is 2.62. The molecule has 0 atom stereocenters. The topological polar surface area (TPSA) is 30.3 Å². The first-order chi connectivity index (χ1) is 6.65. The van der Waals surface area contributed by atoms with Gasteiger partial charge in [0.15, 0.2) is 0 Å². The molecule has 1 N–H and O–H groups in total. The second-order valence-electron chi connectivity index (χ2n) is 4.45. The summed E-state index contributed by atoms with van der Waals surface area (Å²) in [6, 6.07) is 0. The maximum Gasteiger partial charge on any atom is 0.0989 e. The average Bonchev–Trinajstić information content (AvgIpc) is 2.93. The van der Waals surface area contributed by atoms with Gasteiger partial charge < -0.3 is 9.80 Å². The third kappa shape index (κ3) is 3.66. The molecule has 1 saturated carbocycles. The van der Waals surface area contributed by atoms with Gasteiger partial charge in [-0.05, 0) is 33.4 Å². The molecule has 0 aromatic carbocycles. The molecule has 1 fully saturated rings. The fraction of sp³-hybridized carbons (Fsp3) is 0.909. The summed E-state index contributed by atoms with van der Waals surface area (Å²) in [6.45, 7) is 5.29. The van der Waals surface area contributed by atoms with Gasteiger partial charge in [0.2, 0.25) is 0 Å². The minimum Gasteiger partial charge on any atom is -0.359 e. The van der Waals surface area contributed by atoms with Crippen molar-refractivity contribution in [3.8, 4) is 0 Å². The molecule has 0 aromatic heterocycles. The number of hydrogen-bond donors (Lipinski definition) is 1. The maximum atomic E-state index is 8.02. The van der Waals surface area contributed by atoms with E-state index in [9.17, 15) is 0 Å². The van der Waals surface area contributed by atoms with Gasteiger partial charge in [-0.1, -0.05) is 6.92 Å². The van der Waals surface area contributed by atoms with Gasteiger partial charge in [0.25, 0.3) is 0 Å². The number of likely N-dealkylation sites (N-methyl/N-ethyl adjacent to an activating group) is 1. The molecule has 0 unspecified atom stereocenters. The Balaban J connectivity index is 2.33. The van der Waals surface area contributed by atoms with E-state index in [1.165, 1.54) is 12.8 Å². The highest BCUT2D eigenvalue weighted by Crippen LogP contribution is 2.31. The van der Waals surface area contributed by atoms with Crippen LogP contribution in [-0.2, 0) is 0 Å². The van der Waals surface area contributed by atoms with Crippen molar-refractivity contribution in [2.24, 2.45) is 5.92 Å². The lowest BCUT2D eigenvalue weighted by Gasteiger charge is -2.26. The molecule has 82 valence electrons. The van der Waals surface area contributed by atoms with Crippen LogP contribution in [0.15, 0.2) is 0 Å². The van der Waals surface area contributed by atoms with E-state index in [4.69, 9.17) is 5.41 Å². The van der Waals surface area contributed by atoms with E-state index in [0.717, 1.165) is 31.9 Å². The Kier molecular flexibility index (Phi) is 4.39. The fourth-order valence-electron chi connectivity index (χ4n) is 1.56. The van der Waals surface area contributed by atoms with Crippen LogP contribution >= 0.6 is 0 Å². The first-order valence-corrected chi connectivity index (χ1v) is 5.63. The zero-order valence-corrected chi connectivity index (χ0v) is 9.71. The lowest BCUT2D eigenvalue weighted by atomic mass is 10.3. The molecular formula is C11H23N3. The van der Waals surface area contributed by atoms with Gasteiger partial charge in [0.05, 0.1) is 5.84 Å². The van der Waals surface area contributed by atoms with E-state index in [0.29, 0.717) is 5.92 Å². The standard InChI is InChI=1S/C11H23N3/c1-4-7-14(9-8-13(2)3)11(12)10-5-6-10/h10,12H,4-9H2,1-3H3. The SMILES string of the molecule is CCCN(CCN(C)C)C(=N)C1CC1. The van der Waals surface area contributed by atoms with Crippen LogP contribution in [0.4, 0.5) is 0 Å². The minimum absolute atomic E-state index is 0.587. The van der Waals surface area contributed by atoms with Crippen LogP contribution in [0.25, 0.3) is 0 Å². The second-order valence-corrected chi connectivity index (χ2v) is 4.45. The predicted molar refractivity (Wildman–Crippen MR) is 60.9 cm³/mol. The summed E-state index contributed by atoms with van der Waals surface area (Å²) >= 11 is 0. The van der Waals surface area contributed by atoms with Crippen LogP contribution in [0.2, 0.25) is 0 Å². The summed E-state index contributed by atoms with van der Waals surface area (Å²) in [5.41, 5.74) is 0. The molecule has 0 bridgehead atoms. The van der Waals surface area contributed by atoms with Gasteiger partial charge in [0, 0.05) is 25.6 Å². The first kappa shape index (κ1) is 11.5. The predicted octanol–water partition coefficient (Wildman–Crippen LogP) is 1.65. The first-order valence-electron chi connectivity index (χ1n) is 5.63. The summed E-state index contributed by atoms with van der Waals surface area (Å²) in [4.78, 5) is 4.43. The van der Waals surface area contributed by atoms with Crippen LogP contribution in [-0.4, -0.2) is 49.4 Å². The molecule has 1 aliphatic rings. The zero-order valence-electron chi connectivity index (χ0n) is 9.71. The molecular weight excluding hydrogens is 174 g/mol. The Morgan fingerprint density at radius 3 is 2.29 bits per heavy atom. The molecule has 1 aliphatic carbocycles. The molecule has 0 saturated heterocycles. The number of nitrogens with zero attached hydrogens (tertiary/aromatic N) is 2. The Bertz CT molecular complexity index is 185. The Morgan fingerprint density at radius 2 is 1.86 bits per heavy atom. The van der Waals surface area contributed by atoms with Gasteiger partial charge in [-0.2, -0.15) is 0 Å². The van der Waals surface area contributed by atoms with Crippen LogP contribution < -0.4 is 0 Å². The molecule has 3 heteroatoms. The van der Waals surface area contributed by atoms with Crippen molar-refractivity contribution >= 4 is 5.84 Å². The lowest BCUT2D eigenvalue weighted by Crippen LogP contribution is -2.37. The molecule has 14 heavy (non-hydrogen) atoms. The molecule has 3 nitrogen and oxygen atoms in total. The second kappa shape index (κ2) is 5.35. The molecule has 0 radical (unpaired) electrons. The molecule has 1 rings (SSSR count). The maximum absolute atomic E-state index is 8.02. The quantitative estimate of drug-likeness (QED) is 0.518. The van der Waals surface area contributed by atoms with Gasteiger partial charge in [-0.15, -0.1) is 0 Å². The normalized spacial score (nSPS) is 16.0. The third-order valence-electron chi connectivity index (χ3n) is 2.62. The van der Waals surface area contributed by atoms with Crippen molar-refractivity contribution in [2.45, 2.75) is 26.2 Å². The van der Waals surface area contributed by atoms with E-state index >= 15 is 0 Å². The monoisotopic (exact) mass is 197 g/mol. The highest BCUT2D eigenvalue weighted by molar-refractivity contribution is 5.83. The Morgan fingerprint density at radius 1 is 1.21 bits per heavy atom. The lowest BCUT2D eigenvalue weighted by molar-refractivity contribution is 0.323.